The Bertz CT molecular complexity index is 251. The van der Waals surface area contributed by atoms with E-state index in [1.165, 1.54) is 0 Å². The number of rotatable bonds is 5. The lowest BCUT2D eigenvalue weighted by atomic mass is 10.3. The summed E-state index contributed by atoms with van der Waals surface area (Å²) < 4.78 is 0. The molecule has 0 aliphatic rings. The maximum atomic E-state index is 4.22. The number of alkyl halides is 1. The highest BCUT2D eigenvalue weighted by atomic mass is 79.9. The molecule has 4 heteroatoms. The Kier molecular flexibility index (Phi) is 5.04. The van der Waals surface area contributed by atoms with E-state index < -0.39 is 0 Å². The van der Waals surface area contributed by atoms with Crippen LogP contribution in [0.15, 0.2) is 18.5 Å². The van der Waals surface area contributed by atoms with Crippen molar-refractivity contribution < 1.29 is 0 Å². The average Bonchev–Trinajstić information content (AvgIpc) is 2.18. The third kappa shape index (κ3) is 3.72. The summed E-state index contributed by atoms with van der Waals surface area (Å²) in [7, 11) is 0. The van der Waals surface area contributed by atoms with Crippen LogP contribution in [0.5, 0.6) is 0 Å². The summed E-state index contributed by atoms with van der Waals surface area (Å²) in [6, 6.07) is 2.37. The summed E-state index contributed by atoms with van der Waals surface area (Å²) in [4.78, 5) is 10.8. The zero-order valence-electron chi connectivity index (χ0n) is 8.65. The van der Waals surface area contributed by atoms with E-state index in [1.54, 1.807) is 12.4 Å². The summed E-state index contributed by atoms with van der Waals surface area (Å²) >= 11 is 3.45. The van der Waals surface area contributed by atoms with Crippen LogP contribution in [0.4, 0.5) is 0 Å². The highest BCUT2D eigenvalue weighted by molar-refractivity contribution is 9.09. The van der Waals surface area contributed by atoms with Gasteiger partial charge in [0.25, 0.3) is 0 Å². The minimum atomic E-state index is 0.524. The smallest absolute Gasteiger partial charge is 0.142 e. The SMILES string of the molecule is CC(C)N(CCBr)Cc1ncccn1. The molecule has 0 aliphatic carbocycles. The van der Waals surface area contributed by atoms with Crippen molar-refractivity contribution >= 4 is 15.9 Å². The zero-order valence-corrected chi connectivity index (χ0v) is 10.2. The zero-order chi connectivity index (χ0) is 10.4. The van der Waals surface area contributed by atoms with E-state index in [-0.39, 0.29) is 0 Å². The van der Waals surface area contributed by atoms with E-state index in [4.69, 9.17) is 0 Å². The van der Waals surface area contributed by atoms with Crippen molar-refractivity contribution in [3.63, 3.8) is 0 Å². The molecule has 0 fully saturated rings. The van der Waals surface area contributed by atoms with E-state index in [0.29, 0.717) is 6.04 Å². The van der Waals surface area contributed by atoms with Gasteiger partial charge in [0.15, 0.2) is 0 Å². The largest absolute Gasteiger partial charge is 0.293 e. The molecule has 3 nitrogen and oxygen atoms in total. The fraction of sp³-hybridized carbons (Fsp3) is 0.600. The Balaban J connectivity index is 2.55. The van der Waals surface area contributed by atoms with Crippen molar-refractivity contribution in [1.29, 1.82) is 0 Å². The van der Waals surface area contributed by atoms with Crippen LogP contribution < -0.4 is 0 Å². The first-order chi connectivity index (χ1) is 6.74. The van der Waals surface area contributed by atoms with Gasteiger partial charge in [-0.2, -0.15) is 0 Å². The first kappa shape index (κ1) is 11.6. The van der Waals surface area contributed by atoms with Gasteiger partial charge < -0.3 is 0 Å². The van der Waals surface area contributed by atoms with E-state index in [1.807, 2.05) is 6.07 Å². The number of nitrogens with zero attached hydrogens (tertiary/aromatic N) is 3. The molecule has 1 rings (SSSR count). The molecule has 0 radical (unpaired) electrons. The Morgan fingerprint density at radius 2 is 2.00 bits per heavy atom. The lowest BCUT2D eigenvalue weighted by Crippen LogP contribution is -2.32. The van der Waals surface area contributed by atoms with Gasteiger partial charge in [0.1, 0.15) is 5.82 Å². The van der Waals surface area contributed by atoms with E-state index >= 15 is 0 Å². The summed E-state index contributed by atoms with van der Waals surface area (Å²) in [5.41, 5.74) is 0. The van der Waals surface area contributed by atoms with Crippen molar-refractivity contribution in [2.75, 3.05) is 11.9 Å². The Morgan fingerprint density at radius 3 is 2.50 bits per heavy atom. The summed E-state index contributed by atoms with van der Waals surface area (Å²) in [6.45, 7) is 6.22. The van der Waals surface area contributed by atoms with Crippen LogP contribution in [0, 0.1) is 0 Å². The molecular weight excluding hydrogens is 242 g/mol. The van der Waals surface area contributed by atoms with Crippen molar-refractivity contribution in [2.24, 2.45) is 0 Å². The molecule has 0 saturated carbocycles. The predicted octanol–water partition coefficient (Wildman–Crippen LogP) is 2.08. The van der Waals surface area contributed by atoms with Crippen molar-refractivity contribution in [2.45, 2.75) is 26.4 Å². The summed E-state index contributed by atoms with van der Waals surface area (Å²) in [6.07, 6.45) is 3.57. The van der Waals surface area contributed by atoms with Crippen LogP contribution in [-0.4, -0.2) is 32.8 Å². The average molecular weight is 258 g/mol. The number of hydrogen-bond acceptors (Lipinski definition) is 3. The molecule has 0 saturated heterocycles. The van der Waals surface area contributed by atoms with Crippen molar-refractivity contribution in [3.8, 4) is 0 Å². The molecule has 0 amide bonds. The molecule has 1 aromatic heterocycles. The van der Waals surface area contributed by atoms with Crippen molar-refractivity contribution in [1.82, 2.24) is 14.9 Å². The van der Waals surface area contributed by atoms with Crippen molar-refractivity contribution in [3.05, 3.63) is 24.3 Å². The van der Waals surface area contributed by atoms with E-state index in [9.17, 15) is 0 Å². The molecule has 0 aliphatic heterocycles. The lowest BCUT2D eigenvalue weighted by Gasteiger charge is -2.24. The second-order valence-corrected chi connectivity index (χ2v) is 4.21. The number of halogens is 1. The Hall–Kier alpha value is -0.480. The summed E-state index contributed by atoms with van der Waals surface area (Å²) in [5.74, 6) is 0.891. The molecular formula is C10H16BrN3. The van der Waals surface area contributed by atoms with Crippen LogP contribution in [0.25, 0.3) is 0 Å². The van der Waals surface area contributed by atoms with Gasteiger partial charge in [-0.3, -0.25) is 4.90 Å². The van der Waals surface area contributed by atoms with Gasteiger partial charge in [0.2, 0.25) is 0 Å². The van der Waals surface area contributed by atoms with Gasteiger partial charge in [0, 0.05) is 30.3 Å². The fourth-order valence-corrected chi connectivity index (χ4v) is 1.68. The minimum Gasteiger partial charge on any atom is -0.293 e. The second-order valence-electron chi connectivity index (χ2n) is 3.42. The van der Waals surface area contributed by atoms with E-state index in [2.05, 4.69) is 44.6 Å². The molecule has 78 valence electrons. The van der Waals surface area contributed by atoms with Crippen LogP contribution in [0.2, 0.25) is 0 Å². The highest BCUT2D eigenvalue weighted by Crippen LogP contribution is 2.04. The van der Waals surface area contributed by atoms with Crippen LogP contribution >= 0.6 is 15.9 Å². The minimum absolute atomic E-state index is 0.524. The molecule has 1 heterocycles. The Labute approximate surface area is 93.7 Å². The highest BCUT2D eigenvalue weighted by Gasteiger charge is 2.09. The Morgan fingerprint density at radius 1 is 1.36 bits per heavy atom. The molecule has 0 N–H and O–H groups in total. The third-order valence-corrected chi connectivity index (χ3v) is 2.42. The molecule has 0 bridgehead atoms. The second kappa shape index (κ2) is 6.09. The van der Waals surface area contributed by atoms with Crippen LogP contribution in [-0.2, 0) is 6.54 Å². The first-order valence-corrected chi connectivity index (χ1v) is 5.92. The summed E-state index contributed by atoms with van der Waals surface area (Å²) in [5, 5.41) is 0.984. The fourth-order valence-electron chi connectivity index (χ4n) is 1.22. The van der Waals surface area contributed by atoms with E-state index in [0.717, 1.165) is 24.2 Å². The maximum Gasteiger partial charge on any atom is 0.142 e. The van der Waals surface area contributed by atoms with Crippen LogP contribution in [0.3, 0.4) is 0 Å². The first-order valence-electron chi connectivity index (χ1n) is 4.80. The van der Waals surface area contributed by atoms with Gasteiger partial charge in [-0.05, 0) is 19.9 Å². The van der Waals surface area contributed by atoms with Gasteiger partial charge in [-0.1, -0.05) is 15.9 Å². The molecule has 0 spiro atoms. The maximum absolute atomic E-state index is 4.22. The van der Waals surface area contributed by atoms with Gasteiger partial charge >= 0.3 is 0 Å². The topological polar surface area (TPSA) is 29.0 Å². The van der Waals surface area contributed by atoms with Gasteiger partial charge in [-0.15, -0.1) is 0 Å². The van der Waals surface area contributed by atoms with Gasteiger partial charge in [0.05, 0.1) is 6.54 Å². The lowest BCUT2D eigenvalue weighted by molar-refractivity contribution is 0.222. The molecule has 0 unspecified atom stereocenters. The normalized spacial score (nSPS) is 11.2. The standard InChI is InChI=1S/C10H16BrN3/c1-9(2)14(7-4-11)8-10-12-5-3-6-13-10/h3,5-6,9H,4,7-8H2,1-2H3. The molecule has 14 heavy (non-hydrogen) atoms. The van der Waals surface area contributed by atoms with Gasteiger partial charge in [-0.25, -0.2) is 9.97 Å². The quantitative estimate of drug-likeness (QED) is 0.757. The van der Waals surface area contributed by atoms with Crippen LogP contribution in [0.1, 0.15) is 19.7 Å². The molecule has 0 atom stereocenters. The number of hydrogen-bond donors (Lipinski definition) is 0. The number of aromatic nitrogens is 2. The predicted molar refractivity (Wildman–Crippen MR) is 61.4 cm³/mol. The molecule has 0 aromatic carbocycles. The molecule has 1 aromatic rings. The monoisotopic (exact) mass is 257 g/mol. The third-order valence-electron chi connectivity index (χ3n) is 2.07.